The van der Waals surface area contributed by atoms with Crippen molar-refractivity contribution in [1.82, 2.24) is 0 Å². The number of carbonyl (C=O) groups excluding carboxylic acids is 1. The lowest BCUT2D eigenvalue weighted by molar-refractivity contribution is -0.311. The van der Waals surface area contributed by atoms with Crippen molar-refractivity contribution >= 4 is 22.8 Å². The standard InChI is InChI=1S/C18H25NO7S/c1-18(17(21)22)12-27-16(19-18)13-4-3-5-14(15(13)20)26-11-10-25-9-8-24-7-6-23-2/h3-5,20H,6-12H2,1-2H3,(H,21,22)/p-1/t18-/m1/s1. The number of ether oxygens (including phenoxy) is 4. The van der Waals surface area contributed by atoms with Crippen molar-refractivity contribution in [1.29, 1.82) is 0 Å². The van der Waals surface area contributed by atoms with Crippen molar-refractivity contribution in [2.45, 2.75) is 12.5 Å². The van der Waals surface area contributed by atoms with Crippen LogP contribution in [-0.4, -0.2) is 74.2 Å². The van der Waals surface area contributed by atoms with Gasteiger partial charge in [0.1, 0.15) is 17.2 Å². The van der Waals surface area contributed by atoms with Gasteiger partial charge in [-0.2, -0.15) is 0 Å². The maximum atomic E-state index is 11.2. The number of methoxy groups -OCH3 is 1. The molecular formula is C18H24NO7S-. The number of aliphatic imine (C=N–C) groups is 1. The summed E-state index contributed by atoms with van der Waals surface area (Å²) in [7, 11) is 1.61. The highest BCUT2D eigenvalue weighted by Crippen LogP contribution is 2.37. The molecule has 0 fully saturated rings. The van der Waals surface area contributed by atoms with Gasteiger partial charge in [0.15, 0.2) is 11.5 Å². The monoisotopic (exact) mass is 398 g/mol. The van der Waals surface area contributed by atoms with E-state index in [1.807, 2.05) is 0 Å². The smallest absolute Gasteiger partial charge is 0.167 e. The lowest BCUT2D eigenvalue weighted by atomic mass is 10.1. The van der Waals surface area contributed by atoms with Crippen LogP contribution in [0.2, 0.25) is 0 Å². The quantitative estimate of drug-likeness (QED) is 0.506. The number of thioether (sulfide) groups is 1. The van der Waals surface area contributed by atoms with Crippen LogP contribution >= 0.6 is 11.8 Å². The molecule has 27 heavy (non-hydrogen) atoms. The molecule has 1 aliphatic heterocycles. The third-order valence-corrected chi connectivity index (χ3v) is 5.09. The molecule has 8 nitrogen and oxygen atoms in total. The summed E-state index contributed by atoms with van der Waals surface area (Å²) in [5.74, 6) is -0.762. The second kappa shape index (κ2) is 10.5. The first-order valence-corrected chi connectivity index (χ1v) is 9.50. The molecule has 0 saturated heterocycles. The molecule has 0 radical (unpaired) electrons. The molecular weight excluding hydrogens is 374 g/mol. The summed E-state index contributed by atoms with van der Waals surface area (Å²) < 4.78 is 21.1. The van der Waals surface area contributed by atoms with E-state index >= 15 is 0 Å². The van der Waals surface area contributed by atoms with E-state index < -0.39 is 11.5 Å². The number of aliphatic carboxylic acids is 1. The van der Waals surface area contributed by atoms with Gasteiger partial charge in [-0.15, -0.1) is 11.8 Å². The van der Waals surface area contributed by atoms with E-state index in [1.165, 1.54) is 18.7 Å². The zero-order chi connectivity index (χ0) is 19.7. The molecule has 1 aliphatic rings. The van der Waals surface area contributed by atoms with E-state index in [0.717, 1.165) is 0 Å². The number of hydrogen-bond acceptors (Lipinski definition) is 9. The molecule has 0 spiro atoms. The summed E-state index contributed by atoms with van der Waals surface area (Å²) in [4.78, 5) is 15.4. The molecule has 0 amide bonds. The SMILES string of the molecule is COCCOCCOCCOc1cccc(C2=N[C@@](C)(C(=O)[O-])CS2)c1O. The Balaban J connectivity index is 1.83. The number of phenolic OH excluding ortho intramolecular Hbond substituents is 1. The first-order chi connectivity index (χ1) is 13.0. The van der Waals surface area contributed by atoms with Gasteiger partial charge < -0.3 is 34.0 Å². The summed E-state index contributed by atoms with van der Waals surface area (Å²) in [5, 5.41) is 22.1. The molecule has 0 aromatic heterocycles. The normalized spacial score (nSPS) is 19.1. The van der Waals surface area contributed by atoms with Crippen LogP contribution in [-0.2, 0) is 19.0 Å². The third-order valence-electron chi connectivity index (χ3n) is 3.80. The molecule has 9 heteroatoms. The molecule has 1 atom stereocenters. The van der Waals surface area contributed by atoms with Gasteiger partial charge in [0.2, 0.25) is 0 Å². The summed E-state index contributed by atoms with van der Waals surface area (Å²) in [5.41, 5.74) is -0.849. The topological polar surface area (TPSA) is 110 Å². The van der Waals surface area contributed by atoms with E-state index in [1.54, 1.807) is 25.3 Å². The van der Waals surface area contributed by atoms with Crippen molar-refractivity contribution < 1.29 is 34.0 Å². The van der Waals surface area contributed by atoms with E-state index in [4.69, 9.17) is 18.9 Å². The highest BCUT2D eigenvalue weighted by molar-refractivity contribution is 8.14. The average molecular weight is 398 g/mol. The Labute approximate surface area is 162 Å². The summed E-state index contributed by atoms with van der Waals surface area (Å²) in [6.07, 6.45) is 0. The van der Waals surface area contributed by atoms with Crippen molar-refractivity contribution in [3.63, 3.8) is 0 Å². The van der Waals surface area contributed by atoms with Crippen molar-refractivity contribution in [3.8, 4) is 11.5 Å². The van der Waals surface area contributed by atoms with Crippen LogP contribution in [0.15, 0.2) is 23.2 Å². The van der Waals surface area contributed by atoms with Crippen LogP contribution in [0.1, 0.15) is 12.5 Å². The Morgan fingerprint density at radius 2 is 1.89 bits per heavy atom. The van der Waals surface area contributed by atoms with Gasteiger partial charge in [0.25, 0.3) is 0 Å². The second-order valence-electron chi connectivity index (χ2n) is 5.99. The number of nitrogens with zero attached hydrogens (tertiary/aromatic N) is 1. The van der Waals surface area contributed by atoms with Crippen LogP contribution in [0.5, 0.6) is 11.5 Å². The predicted molar refractivity (Wildman–Crippen MR) is 99.5 cm³/mol. The van der Waals surface area contributed by atoms with Crippen LogP contribution in [0, 0.1) is 0 Å². The molecule has 150 valence electrons. The Hall–Kier alpha value is -1.81. The number of para-hydroxylation sites is 1. The largest absolute Gasteiger partial charge is 0.547 e. The number of aromatic hydroxyl groups is 1. The van der Waals surface area contributed by atoms with E-state index in [-0.39, 0.29) is 23.9 Å². The molecule has 1 aromatic rings. The second-order valence-corrected chi connectivity index (χ2v) is 6.95. The predicted octanol–water partition coefficient (Wildman–Crippen LogP) is 0.453. The maximum Gasteiger partial charge on any atom is 0.167 e. The minimum atomic E-state index is -1.29. The van der Waals surface area contributed by atoms with Crippen molar-refractivity contribution in [2.75, 3.05) is 52.5 Å². The Morgan fingerprint density at radius 3 is 2.52 bits per heavy atom. The minimum absolute atomic E-state index is 0.0748. The fraction of sp³-hybridized carbons (Fsp3) is 0.556. The highest BCUT2D eigenvalue weighted by atomic mass is 32.2. The molecule has 1 N–H and O–H groups in total. The first-order valence-electron chi connectivity index (χ1n) is 8.51. The van der Waals surface area contributed by atoms with Gasteiger partial charge in [-0.25, -0.2) is 0 Å². The number of carboxylic acids is 1. The van der Waals surface area contributed by atoms with Crippen LogP contribution in [0.25, 0.3) is 0 Å². The molecule has 1 heterocycles. The van der Waals surface area contributed by atoms with E-state index in [0.29, 0.717) is 43.6 Å². The minimum Gasteiger partial charge on any atom is -0.547 e. The molecule has 1 aromatic carbocycles. The molecule has 0 unspecified atom stereocenters. The van der Waals surface area contributed by atoms with E-state index in [9.17, 15) is 15.0 Å². The van der Waals surface area contributed by atoms with Crippen molar-refractivity contribution in [3.05, 3.63) is 23.8 Å². The Kier molecular flexibility index (Phi) is 8.36. The zero-order valence-corrected chi connectivity index (χ0v) is 16.3. The number of carbonyl (C=O) groups is 1. The third kappa shape index (κ3) is 6.10. The Bertz CT molecular complexity index is 667. The molecule has 0 bridgehead atoms. The van der Waals surface area contributed by atoms with Gasteiger partial charge in [-0.1, -0.05) is 6.07 Å². The fourth-order valence-electron chi connectivity index (χ4n) is 2.23. The van der Waals surface area contributed by atoms with Gasteiger partial charge in [0.05, 0.1) is 44.6 Å². The van der Waals surface area contributed by atoms with Gasteiger partial charge >= 0.3 is 0 Å². The summed E-state index contributed by atoms with van der Waals surface area (Å²) in [6.45, 7) is 4.07. The average Bonchev–Trinajstić information content (AvgIpc) is 3.05. The molecule has 0 aliphatic carbocycles. The number of rotatable bonds is 12. The molecule has 2 rings (SSSR count). The van der Waals surface area contributed by atoms with Crippen LogP contribution in [0.4, 0.5) is 0 Å². The van der Waals surface area contributed by atoms with Crippen LogP contribution in [0.3, 0.4) is 0 Å². The lowest BCUT2D eigenvalue weighted by Crippen LogP contribution is -2.45. The number of carboxylic acid groups (broad SMARTS) is 1. The van der Waals surface area contributed by atoms with Gasteiger partial charge in [-0.3, -0.25) is 4.99 Å². The summed E-state index contributed by atoms with van der Waals surface area (Å²) >= 11 is 1.26. The fourth-order valence-corrected chi connectivity index (χ4v) is 3.41. The summed E-state index contributed by atoms with van der Waals surface area (Å²) in [6, 6.07) is 5.01. The van der Waals surface area contributed by atoms with E-state index in [2.05, 4.69) is 4.99 Å². The highest BCUT2D eigenvalue weighted by Gasteiger charge is 2.33. The lowest BCUT2D eigenvalue weighted by Gasteiger charge is -2.19. The van der Waals surface area contributed by atoms with Gasteiger partial charge in [0, 0.05) is 12.9 Å². The first kappa shape index (κ1) is 21.5. The van der Waals surface area contributed by atoms with Crippen molar-refractivity contribution in [2.24, 2.45) is 4.99 Å². The van der Waals surface area contributed by atoms with Crippen LogP contribution < -0.4 is 9.84 Å². The number of phenols is 1. The van der Waals surface area contributed by atoms with Gasteiger partial charge in [-0.05, 0) is 19.1 Å². The maximum absolute atomic E-state index is 11.2. The zero-order valence-electron chi connectivity index (χ0n) is 15.4. The number of hydrogen-bond donors (Lipinski definition) is 1. The number of benzene rings is 1. The molecule has 0 saturated carbocycles. The Morgan fingerprint density at radius 1 is 1.22 bits per heavy atom.